The van der Waals surface area contributed by atoms with Gasteiger partial charge in [0.2, 0.25) is 5.91 Å². The average Bonchev–Trinajstić information content (AvgIpc) is 2.52. The molecule has 2 aromatic rings. The van der Waals surface area contributed by atoms with Crippen molar-refractivity contribution < 1.29 is 4.79 Å². The van der Waals surface area contributed by atoms with Crippen molar-refractivity contribution in [1.82, 2.24) is 4.90 Å². The Morgan fingerprint density at radius 1 is 1.22 bits per heavy atom. The number of benzene rings is 2. The normalized spacial score (nSPS) is 17.0. The van der Waals surface area contributed by atoms with Gasteiger partial charge in [-0.2, -0.15) is 0 Å². The quantitative estimate of drug-likeness (QED) is 0.642. The van der Waals surface area contributed by atoms with Gasteiger partial charge in [-0.15, -0.1) is 0 Å². The smallest absolute Gasteiger partial charge is 0.227 e. The van der Waals surface area contributed by atoms with Gasteiger partial charge in [0.1, 0.15) is 0 Å². The second kappa shape index (κ2) is 6.84. The summed E-state index contributed by atoms with van der Waals surface area (Å²) >= 11 is 16.0. The van der Waals surface area contributed by atoms with Crippen LogP contribution >= 0.6 is 39.1 Å². The summed E-state index contributed by atoms with van der Waals surface area (Å²) in [6.07, 6.45) is 1.08. The molecule has 2 aromatic carbocycles. The lowest BCUT2D eigenvalue weighted by Crippen LogP contribution is -2.39. The maximum atomic E-state index is 12.8. The highest BCUT2D eigenvalue weighted by Gasteiger charge is 2.29. The van der Waals surface area contributed by atoms with Crippen LogP contribution in [0.4, 0.5) is 0 Å². The highest BCUT2D eigenvalue weighted by Crippen LogP contribution is 2.34. The van der Waals surface area contributed by atoms with E-state index in [4.69, 9.17) is 23.2 Å². The zero-order valence-corrected chi connectivity index (χ0v) is 15.7. The highest BCUT2D eigenvalue weighted by molar-refractivity contribution is 9.10. The van der Waals surface area contributed by atoms with Crippen molar-refractivity contribution in [3.8, 4) is 0 Å². The van der Waals surface area contributed by atoms with Crippen LogP contribution in [0.5, 0.6) is 0 Å². The molecule has 1 amide bonds. The van der Waals surface area contributed by atoms with Crippen LogP contribution in [-0.4, -0.2) is 17.4 Å². The van der Waals surface area contributed by atoms with Crippen LogP contribution in [0.2, 0.25) is 10.0 Å². The minimum Gasteiger partial charge on any atom is -0.335 e. The predicted molar refractivity (Wildman–Crippen MR) is 98.1 cm³/mol. The number of carbonyl (C=O) groups is 1. The average molecular weight is 413 g/mol. The molecule has 0 unspecified atom stereocenters. The molecule has 23 heavy (non-hydrogen) atoms. The first kappa shape index (κ1) is 16.8. The lowest BCUT2D eigenvalue weighted by molar-refractivity contribution is -0.133. The van der Waals surface area contributed by atoms with Crippen LogP contribution in [0, 0.1) is 0 Å². The van der Waals surface area contributed by atoms with Gasteiger partial charge in [0.15, 0.2) is 0 Å². The Bertz CT molecular complexity index is 742. The summed E-state index contributed by atoms with van der Waals surface area (Å²) in [5.41, 5.74) is 3.19. The fourth-order valence-electron chi connectivity index (χ4n) is 3.12. The van der Waals surface area contributed by atoms with E-state index in [0.29, 0.717) is 22.2 Å². The highest BCUT2D eigenvalue weighted by atomic mass is 79.9. The van der Waals surface area contributed by atoms with E-state index in [-0.39, 0.29) is 18.4 Å². The maximum Gasteiger partial charge on any atom is 0.227 e. The number of fused-ring (bicyclic) bond motifs is 1. The monoisotopic (exact) mass is 411 g/mol. The van der Waals surface area contributed by atoms with Crippen LogP contribution in [0.1, 0.15) is 29.7 Å². The number of carbonyl (C=O) groups excluding carboxylic acids is 1. The van der Waals surface area contributed by atoms with E-state index < -0.39 is 0 Å². The Labute approximate surface area is 154 Å². The molecular formula is C18H16BrCl2NO. The SMILES string of the molecule is C[C@H]1c2cccc(Br)c2CCN1C(=O)Cc1c(Cl)cccc1Cl. The van der Waals surface area contributed by atoms with Crippen LogP contribution in [0.25, 0.3) is 0 Å². The third-order valence-corrected chi connectivity index (χ3v) is 5.84. The fourth-order valence-corrected chi connectivity index (χ4v) is 4.23. The third kappa shape index (κ3) is 3.28. The van der Waals surface area contributed by atoms with Crippen molar-refractivity contribution in [2.24, 2.45) is 0 Å². The zero-order valence-electron chi connectivity index (χ0n) is 12.7. The molecule has 120 valence electrons. The number of amides is 1. The molecular weight excluding hydrogens is 397 g/mol. The second-order valence-electron chi connectivity index (χ2n) is 5.70. The van der Waals surface area contributed by atoms with Crippen molar-refractivity contribution in [3.63, 3.8) is 0 Å². The first-order chi connectivity index (χ1) is 11.0. The maximum absolute atomic E-state index is 12.8. The van der Waals surface area contributed by atoms with E-state index in [1.807, 2.05) is 17.0 Å². The van der Waals surface area contributed by atoms with Gasteiger partial charge in [0.25, 0.3) is 0 Å². The van der Waals surface area contributed by atoms with Gasteiger partial charge >= 0.3 is 0 Å². The second-order valence-corrected chi connectivity index (χ2v) is 7.37. The summed E-state index contributed by atoms with van der Waals surface area (Å²) in [7, 11) is 0. The molecule has 0 saturated heterocycles. The Hall–Kier alpha value is -1.03. The van der Waals surface area contributed by atoms with Crippen LogP contribution < -0.4 is 0 Å². The van der Waals surface area contributed by atoms with Crippen molar-refractivity contribution >= 4 is 45.0 Å². The molecule has 0 radical (unpaired) electrons. The minimum absolute atomic E-state index is 0.0463. The number of hydrogen-bond donors (Lipinski definition) is 0. The van der Waals surface area contributed by atoms with Gasteiger partial charge in [-0.1, -0.05) is 57.3 Å². The minimum atomic E-state index is 0.0463. The number of halogens is 3. The first-order valence-electron chi connectivity index (χ1n) is 7.48. The van der Waals surface area contributed by atoms with Crippen molar-refractivity contribution in [2.75, 3.05) is 6.54 Å². The van der Waals surface area contributed by atoms with Crippen molar-refractivity contribution in [1.29, 1.82) is 0 Å². The summed E-state index contributed by atoms with van der Waals surface area (Å²) in [5.74, 6) is 0.0538. The number of rotatable bonds is 2. The zero-order chi connectivity index (χ0) is 16.6. The van der Waals surface area contributed by atoms with Crippen molar-refractivity contribution in [3.05, 3.63) is 67.6 Å². The molecule has 2 nitrogen and oxygen atoms in total. The Balaban J connectivity index is 1.84. The Morgan fingerprint density at radius 2 is 1.87 bits per heavy atom. The Kier molecular flexibility index (Phi) is 5.00. The molecule has 1 atom stereocenters. The molecule has 0 saturated carbocycles. The van der Waals surface area contributed by atoms with Crippen LogP contribution in [0.3, 0.4) is 0 Å². The number of hydrogen-bond acceptors (Lipinski definition) is 1. The summed E-state index contributed by atoms with van der Waals surface area (Å²) in [6.45, 7) is 2.77. The third-order valence-electron chi connectivity index (χ3n) is 4.39. The van der Waals surface area contributed by atoms with Gasteiger partial charge in [-0.05, 0) is 48.2 Å². The molecule has 5 heteroatoms. The van der Waals surface area contributed by atoms with Gasteiger partial charge in [0.05, 0.1) is 12.5 Å². The van der Waals surface area contributed by atoms with E-state index >= 15 is 0 Å². The van der Waals surface area contributed by atoms with Crippen LogP contribution in [-0.2, 0) is 17.6 Å². The first-order valence-corrected chi connectivity index (χ1v) is 9.03. The van der Waals surface area contributed by atoms with Crippen molar-refractivity contribution in [2.45, 2.75) is 25.8 Å². The Morgan fingerprint density at radius 3 is 2.57 bits per heavy atom. The summed E-state index contributed by atoms with van der Waals surface area (Å²) in [4.78, 5) is 14.7. The molecule has 3 rings (SSSR count). The molecule has 1 aliphatic rings. The standard InChI is InChI=1S/C18H16BrCl2NO/c1-11-12-4-2-5-15(19)13(12)8-9-22(11)18(23)10-14-16(20)6-3-7-17(14)21/h2-7,11H,8-10H2,1H3/t11-/m0/s1. The number of nitrogens with zero attached hydrogens (tertiary/aromatic N) is 1. The summed E-state index contributed by atoms with van der Waals surface area (Å²) in [5, 5.41) is 1.08. The van der Waals surface area contributed by atoms with E-state index in [1.165, 1.54) is 11.1 Å². The molecule has 0 fully saturated rings. The molecule has 0 spiro atoms. The summed E-state index contributed by atoms with van der Waals surface area (Å²) < 4.78 is 1.11. The molecule has 1 aliphatic heterocycles. The largest absolute Gasteiger partial charge is 0.335 e. The topological polar surface area (TPSA) is 20.3 Å². The van der Waals surface area contributed by atoms with Gasteiger partial charge in [-0.25, -0.2) is 0 Å². The lowest BCUT2D eigenvalue weighted by atomic mass is 9.93. The lowest BCUT2D eigenvalue weighted by Gasteiger charge is -2.36. The molecule has 0 N–H and O–H groups in total. The van der Waals surface area contributed by atoms with E-state index in [9.17, 15) is 4.79 Å². The molecule has 0 bridgehead atoms. The molecule has 0 aromatic heterocycles. The van der Waals surface area contributed by atoms with Crippen LogP contribution in [0.15, 0.2) is 40.9 Å². The van der Waals surface area contributed by atoms with Gasteiger partial charge < -0.3 is 4.90 Å². The van der Waals surface area contributed by atoms with E-state index in [1.54, 1.807) is 18.2 Å². The van der Waals surface area contributed by atoms with E-state index in [2.05, 4.69) is 28.9 Å². The fraction of sp³-hybridized carbons (Fsp3) is 0.278. The van der Waals surface area contributed by atoms with E-state index in [0.717, 1.165) is 10.9 Å². The van der Waals surface area contributed by atoms with Gasteiger partial charge in [0, 0.05) is 21.1 Å². The molecule has 0 aliphatic carbocycles. The predicted octanol–water partition coefficient (Wildman–Crippen LogP) is 5.44. The van der Waals surface area contributed by atoms with Gasteiger partial charge in [-0.3, -0.25) is 4.79 Å². The molecule has 1 heterocycles. The summed E-state index contributed by atoms with van der Waals surface area (Å²) in [6, 6.07) is 11.5.